The van der Waals surface area contributed by atoms with Gasteiger partial charge in [0, 0.05) is 35.7 Å². The van der Waals surface area contributed by atoms with Crippen LogP contribution in [0.2, 0.25) is 0 Å². The molecule has 1 aliphatic heterocycles. The smallest absolute Gasteiger partial charge is 0.272 e. The maximum atomic E-state index is 12.4. The zero-order valence-corrected chi connectivity index (χ0v) is 13.3. The molecule has 0 unspecified atom stereocenters. The first kappa shape index (κ1) is 14.5. The van der Waals surface area contributed by atoms with E-state index in [1.54, 1.807) is 11.8 Å². The lowest BCUT2D eigenvalue weighted by Crippen LogP contribution is -2.25. The Bertz CT molecular complexity index is 925. The lowest BCUT2D eigenvalue weighted by atomic mass is 10.1. The number of aromatic amines is 1. The van der Waals surface area contributed by atoms with E-state index in [1.165, 1.54) is 0 Å². The average molecular weight is 319 g/mol. The second kappa shape index (κ2) is 5.53. The number of H-pyrrole nitrogens is 1. The SMILES string of the molecule is CC(=O)N1CCc2cc(NC(=O)c3cc4ccccc4[nH]3)ccc21. The predicted molar refractivity (Wildman–Crippen MR) is 94.4 cm³/mol. The van der Waals surface area contributed by atoms with Crippen LogP contribution in [0.3, 0.4) is 0 Å². The molecule has 0 fully saturated rings. The molecule has 0 aliphatic carbocycles. The van der Waals surface area contributed by atoms with E-state index in [4.69, 9.17) is 0 Å². The van der Waals surface area contributed by atoms with Gasteiger partial charge in [0.05, 0.1) is 0 Å². The fraction of sp³-hybridized carbons (Fsp3) is 0.158. The fourth-order valence-corrected chi connectivity index (χ4v) is 3.20. The van der Waals surface area contributed by atoms with Gasteiger partial charge in [-0.1, -0.05) is 18.2 Å². The standard InChI is InChI=1S/C19H17N3O2/c1-12(23)22-9-8-14-10-15(6-7-18(14)22)20-19(24)17-11-13-4-2-3-5-16(13)21-17/h2-7,10-11,21H,8-9H2,1H3,(H,20,24). The van der Waals surface area contributed by atoms with Gasteiger partial charge >= 0.3 is 0 Å². The van der Waals surface area contributed by atoms with Crippen LogP contribution in [0.1, 0.15) is 23.0 Å². The summed E-state index contributed by atoms with van der Waals surface area (Å²) in [4.78, 5) is 28.9. The highest BCUT2D eigenvalue weighted by molar-refractivity contribution is 6.06. The van der Waals surface area contributed by atoms with E-state index in [1.807, 2.05) is 48.5 Å². The molecule has 2 N–H and O–H groups in total. The van der Waals surface area contributed by atoms with Crippen molar-refractivity contribution in [1.29, 1.82) is 0 Å². The molecule has 0 bridgehead atoms. The van der Waals surface area contributed by atoms with Crippen molar-refractivity contribution in [3.8, 4) is 0 Å². The van der Waals surface area contributed by atoms with E-state index in [0.717, 1.165) is 34.3 Å². The van der Waals surface area contributed by atoms with E-state index in [-0.39, 0.29) is 11.8 Å². The molecule has 2 amide bonds. The molecule has 0 atom stereocenters. The molecule has 0 saturated heterocycles. The Morgan fingerprint density at radius 3 is 2.75 bits per heavy atom. The van der Waals surface area contributed by atoms with Gasteiger partial charge in [0.25, 0.3) is 5.91 Å². The zero-order chi connectivity index (χ0) is 16.7. The number of hydrogen-bond donors (Lipinski definition) is 2. The summed E-state index contributed by atoms with van der Waals surface area (Å²) in [7, 11) is 0. The number of fused-ring (bicyclic) bond motifs is 2. The van der Waals surface area contributed by atoms with Gasteiger partial charge in [-0.15, -0.1) is 0 Å². The van der Waals surface area contributed by atoms with Gasteiger partial charge in [-0.05, 0) is 42.3 Å². The van der Waals surface area contributed by atoms with E-state index >= 15 is 0 Å². The molecule has 1 aliphatic rings. The number of para-hydroxylation sites is 1. The minimum Gasteiger partial charge on any atom is -0.351 e. The second-order valence-electron chi connectivity index (χ2n) is 5.99. The Balaban J connectivity index is 1.57. The number of hydrogen-bond acceptors (Lipinski definition) is 2. The highest BCUT2D eigenvalue weighted by atomic mass is 16.2. The third-order valence-electron chi connectivity index (χ3n) is 4.39. The average Bonchev–Trinajstić information content (AvgIpc) is 3.18. The van der Waals surface area contributed by atoms with Gasteiger partial charge < -0.3 is 15.2 Å². The minimum absolute atomic E-state index is 0.0450. The van der Waals surface area contributed by atoms with Crippen molar-refractivity contribution in [2.24, 2.45) is 0 Å². The molecule has 0 spiro atoms. The lowest BCUT2D eigenvalue weighted by Gasteiger charge is -2.15. The molecule has 0 saturated carbocycles. The number of aromatic nitrogens is 1. The van der Waals surface area contributed by atoms with Crippen LogP contribution in [-0.4, -0.2) is 23.3 Å². The number of amides is 2. The maximum Gasteiger partial charge on any atom is 0.272 e. The van der Waals surface area contributed by atoms with Crippen LogP contribution in [0.4, 0.5) is 11.4 Å². The Morgan fingerprint density at radius 1 is 1.12 bits per heavy atom. The predicted octanol–water partition coefficient (Wildman–Crippen LogP) is 3.33. The molecule has 5 nitrogen and oxygen atoms in total. The van der Waals surface area contributed by atoms with Crippen molar-refractivity contribution >= 4 is 34.1 Å². The largest absolute Gasteiger partial charge is 0.351 e. The van der Waals surface area contributed by atoms with E-state index in [2.05, 4.69) is 10.3 Å². The van der Waals surface area contributed by atoms with Crippen LogP contribution in [0.5, 0.6) is 0 Å². The van der Waals surface area contributed by atoms with Gasteiger partial charge in [0.2, 0.25) is 5.91 Å². The van der Waals surface area contributed by atoms with Crippen molar-refractivity contribution in [2.45, 2.75) is 13.3 Å². The lowest BCUT2D eigenvalue weighted by molar-refractivity contribution is -0.116. The number of benzene rings is 2. The summed E-state index contributed by atoms with van der Waals surface area (Å²) in [5.74, 6) is -0.129. The molecule has 24 heavy (non-hydrogen) atoms. The summed E-state index contributed by atoms with van der Waals surface area (Å²) in [5, 5.41) is 3.93. The van der Waals surface area contributed by atoms with Crippen LogP contribution >= 0.6 is 0 Å². The van der Waals surface area contributed by atoms with E-state index in [0.29, 0.717) is 12.2 Å². The van der Waals surface area contributed by atoms with Gasteiger partial charge in [0.1, 0.15) is 5.69 Å². The minimum atomic E-state index is -0.174. The van der Waals surface area contributed by atoms with E-state index < -0.39 is 0 Å². The summed E-state index contributed by atoms with van der Waals surface area (Å²) < 4.78 is 0. The summed E-state index contributed by atoms with van der Waals surface area (Å²) in [6.07, 6.45) is 0.811. The van der Waals surface area contributed by atoms with Crippen LogP contribution in [-0.2, 0) is 11.2 Å². The molecule has 120 valence electrons. The summed E-state index contributed by atoms with van der Waals surface area (Å²) in [6, 6.07) is 15.3. The monoisotopic (exact) mass is 319 g/mol. The number of anilines is 2. The number of nitrogens with zero attached hydrogens (tertiary/aromatic N) is 1. The normalized spacial score (nSPS) is 13.1. The van der Waals surface area contributed by atoms with Crippen molar-refractivity contribution in [3.05, 3.63) is 59.8 Å². The molecule has 0 radical (unpaired) electrons. The Kier molecular flexibility index (Phi) is 3.34. The highest BCUT2D eigenvalue weighted by Crippen LogP contribution is 2.30. The molecular formula is C19H17N3O2. The third kappa shape index (κ3) is 2.44. The quantitative estimate of drug-likeness (QED) is 0.761. The second-order valence-corrected chi connectivity index (χ2v) is 5.99. The first-order valence-corrected chi connectivity index (χ1v) is 7.92. The topological polar surface area (TPSA) is 65.2 Å². The zero-order valence-electron chi connectivity index (χ0n) is 13.3. The number of rotatable bonds is 2. The Hall–Kier alpha value is -3.08. The van der Waals surface area contributed by atoms with Crippen molar-refractivity contribution in [1.82, 2.24) is 4.98 Å². The van der Waals surface area contributed by atoms with Crippen LogP contribution in [0, 0.1) is 0 Å². The maximum absolute atomic E-state index is 12.4. The summed E-state index contributed by atoms with van der Waals surface area (Å²) in [5.41, 5.74) is 4.23. The number of nitrogens with one attached hydrogen (secondary N) is 2. The van der Waals surface area contributed by atoms with E-state index in [9.17, 15) is 9.59 Å². The molecule has 1 aromatic heterocycles. The van der Waals surface area contributed by atoms with Crippen LogP contribution in [0.25, 0.3) is 10.9 Å². The fourth-order valence-electron chi connectivity index (χ4n) is 3.20. The van der Waals surface area contributed by atoms with Gasteiger partial charge in [-0.2, -0.15) is 0 Å². The van der Waals surface area contributed by atoms with Gasteiger partial charge in [-0.25, -0.2) is 0 Å². The molecule has 2 heterocycles. The van der Waals surface area contributed by atoms with Crippen LogP contribution in [0.15, 0.2) is 48.5 Å². The van der Waals surface area contributed by atoms with Crippen molar-refractivity contribution in [2.75, 3.05) is 16.8 Å². The van der Waals surface area contributed by atoms with Gasteiger partial charge in [0.15, 0.2) is 0 Å². The number of carbonyl (C=O) groups excluding carboxylic acids is 2. The van der Waals surface area contributed by atoms with Crippen LogP contribution < -0.4 is 10.2 Å². The highest BCUT2D eigenvalue weighted by Gasteiger charge is 2.22. The molecule has 2 aromatic carbocycles. The number of carbonyl (C=O) groups is 2. The Morgan fingerprint density at radius 2 is 1.96 bits per heavy atom. The van der Waals surface area contributed by atoms with Crippen molar-refractivity contribution < 1.29 is 9.59 Å². The third-order valence-corrected chi connectivity index (χ3v) is 4.39. The van der Waals surface area contributed by atoms with Crippen molar-refractivity contribution in [3.63, 3.8) is 0 Å². The summed E-state index contributed by atoms with van der Waals surface area (Å²) >= 11 is 0. The Labute approximate surface area is 139 Å². The molecule has 5 heteroatoms. The molecule has 3 aromatic rings. The molecule has 4 rings (SSSR count). The first-order chi connectivity index (χ1) is 11.6. The summed E-state index contributed by atoms with van der Waals surface area (Å²) in [6.45, 7) is 2.27. The van der Waals surface area contributed by atoms with Gasteiger partial charge in [-0.3, -0.25) is 9.59 Å². The molecular weight excluding hydrogens is 302 g/mol. The first-order valence-electron chi connectivity index (χ1n) is 7.92.